The lowest BCUT2D eigenvalue weighted by molar-refractivity contribution is 0.143. The SMILES string of the molecule is CC(C)(O)C#Cc1nc(Cl)cnc1N. The summed E-state index contributed by atoms with van der Waals surface area (Å²) in [5, 5.41) is 9.57. The minimum absolute atomic E-state index is 0.200. The summed E-state index contributed by atoms with van der Waals surface area (Å²) in [5.41, 5.74) is 4.69. The maximum Gasteiger partial charge on any atom is 0.158 e. The number of rotatable bonds is 0. The van der Waals surface area contributed by atoms with Crippen LogP contribution in [0.5, 0.6) is 0 Å². The number of halogens is 1. The van der Waals surface area contributed by atoms with Gasteiger partial charge in [-0.3, -0.25) is 0 Å². The van der Waals surface area contributed by atoms with Crippen LogP contribution in [0.3, 0.4) is 0 Å². The lowest BCUT2D eigenvalue weighted by Gasteiger charge is -2.05. The molecule has 0 aliphatic carbocycles. The van der Waals surface area contributed by atoms with E-state index >= 15 is 0 Å². The smallest absolute Gasteiger partial charge is 0.158 e. The highest BCUT2D eigenvalue weighted by Gasteiger charge is 2.07. The lowest BCUT2D eigenvalue weighted by Crippen LogP contribution is -2.14. The van der Waals surface area contributed by atoms with E-state index in [1.807, 2.05) is 0 Å². The standard InChI is InChI=1S/C9H10ClN3O/c1-9(2,14)4-3-6-8(11)12-5-7(10)13-6/h5,14H,1-2H3,(H2,11,12). The summed E-state index contributed by atoms with van der Waals surface area (Å²) in [6.07, 6.45) is 1.34. The predicted octanol–water partition coefficient (Wildman–Crippen LogP) is 0.835. The summed E-state index contributed by atoms with van der Waals surface area (Å²) in [6, 6.07) is 0. The fourth-order valence-corrected chi connectivity index (χ4v) is 0.814. The van der Waals surface area contributed by atoms with Crippen LogP contribution in [0, 0.1) is 11.8 Å². The van der Waals surface area contributed by atoms with Gasteiger partial charge in [-0.1, -0.05) is 17.5 Å². The largest absolute Gasteiger partial charge is 0.381 e. The van der Waals surface area contributed by atoms with Gasteiger partial charge in [-0.25, -0.2) is 9.97 Å². The highest BCUT2D eigenvalue weighted by atomic mass is 35.5. The van der Waals surface area contributed by atoms with Crippen LogP contribution >= 0.6 is 11.6 Å². The number of anilines is 1. The van der Waals surface area contributed by atoms with Crippen molar-refractivity contribution in [3.8, 4) is 11.8 Å². The van der Waals surface area contributed by atoms with E-state index in [2.05, 4.69) is 21.8 Å². The third kappa shape index (κ3) is 3.21. The second-order valence-electron chi connectivity index (χ2n) is 3.24. The van der Waals surface area contributed by atoms with Gasteiger partial charge in [0.25, 0.3) is 0 Å². The zero-order valence-corrected chi connectivity index (χ0v) is 8.63. The van der Waals surface area contributed by atoms with Gasteiger partial charge in [0.05, 0.1) is 6.20 Å². The maximum absolute atomic E-state index is 9.34. The molecule has 1 rings (SSSR count). The van der Waals surface area contributed by atoms with Crippen molar-refractivity contribution in [3.63, 3.8) is 0 Å². The van der Waals surface area contributed by atoms with Gasteiger partial charge in [0.2, 0.25) is 0 Å². The van der Waals surface area contributed by atoms with Crippen LogP contribution in [0.4, 0.5) is 5.82 Å². The molecule has 1 aromatic rings. The van der Waals surface area contributed by atoms with Crippen molar-refractivity contribution in [2.75, 3.05) is 5.73 Å². The molecule has 3 N–H and O–H groups in total. The summed E-state index contributed by atoms with van der Waals surface area (Å²) in [5.74, 6) is 5.38. The van der Waals surface area contributed by atoms with Gasteiger partial charge in [-0.05, 0) is 19.8 Å². The van der Waals surface area contributed by atoms with Crippen molar-refractivity contribution in [1.82, 2.24) is 9.97 Å². The Hall–Kier alpha value is -1.31. The third-order valence-corrected chi connectivity index (χ3v) is 1.44. The zero-order valence-electron chi connectivity index (χ0n) is 7.87. The fraction of sp³-hybridized carbons (Fsp3) is 0.333. The quantitative estimate of drug-likeness (QED) is 0.624. The van der Waals surface area contributed by atoms with Crippen LogP contribution in [-0.2, 0) is 0 Å². The monoisotopic (exact) mass is 211 g/mol. The van der Waals surface area contributed by atoms with Gasteiger partial charge in [0.1, 0.15) is 10.8 Å². The van der Waals surface area contributed by atoms with Gasteiger partial charge in [0, 0.05) is 0 Å². The van der Waals surface area contributed by atoms with Gasteiger partial charge >= 0.3 is 0 Å². The molecule has 0 amide bonds. The minimum Gasteiger partial charge on any atom is -0.381 e. The second kappa shape index (κ2) is 3.82. The highest BCUT2D eigenvalue weighted by Crippen LogP contribution is 2.09. The van der Waals surface area contributed by atoms with Crippen molar-refractivity contribution in [2.45, 2.75) is 19.4 Å². The molecule has 0 fully saturated rings. The molecule has 14 heavy (non-hydrogen) atoms. The van der Waals surface area contributed by atoms with E-state index in [0.29, 0.717) is 0 Å². The number of nitrogens with zero attached hydrogens (tertiary/aromatic N) is 2. The average molecular weight is 212 g/mol. The Morgan fingerprint density at radius 3 is 2.79 bits per heavy atom. The first-order valence-electron chi connectivity index (χ1n) is 3.92. The molecule has 4 nitrogen and oxygen atoms in total. The Kier molecular flexibility index (Phi) is 2.94. The second-order valence-corrected chi connectivity index (χ2v) is 3.62. The van der Waals surface area contributed by atoms with Crippen LogP contribution in [-0.4, -0.2) is 20.7 Å². The summed E-state index contributed by atoms with van der Waals surface area (Å²) in [6.45, 7) is 3.13. The van der Waals surface area contributed by atoms with Crippen molar-refractivity contribution in [1.29, 1.82) is 0 Å². The number of aliphatic hydroxyl groups is 1. The summed E-state index contributed by atoms with van der Waals surface area (Å²) in [7, 11) is 0. The zero-order chi connectivity index (χ0) is 10.8. The molecule has 0 unspecified atom stereocenters. The van der Waals surface area contributed by atoms with Crippen LogP contribution in [0.15, 0.2) is 6.20 Å². The number of aromatic nitrogens is 2. The van der Waals surface area contributed by atoms with Gasteiger partial charge < -0.3 is 10.8 Å². The Morgan fingerprint density at radius 2 is 2.21 bits per heavy atom. The topological polar surface area (TPSA) is 72.0 Å². The van der Waals surface area contributed by atoms with Crippen molar-refractivity contribution >= 4 is 17.4 Å². The molecule has 0 radical (unpaired) electrons. The molecule has 0 aliphatic heterocycles. The summed E-state index contributed by atoms with van der Waals surface area (Å²) >= 11 is 5.61. The maximum atomic E-state index is 9.34. The molecule has 74 valence electrons. The van der Waals surface area contributed by atoms with Crippen molar-refractivity contribution in [3.05, 3.63) is 17.0 Å². The van der Waals surface area contributed by atoms with E-state index in [1.165, 1.54) is 6.20 Å². The number of nitrogen functional groups attached to an aromatic ring is 1. The van der Waals surface area contributed by atoms with Crippen LogP contribution in [0.2, 0.25) is 5.15 Å². The number of hydrogen-bond donors (Lipinski definition) is 2. The minimum atomic E-state index is -1.09. The van der Waals surface area contributed by atoms with E-state index < -0.39 is 5.60 Å². The lowest BCUT2D eigenvalue weighted by atomic mass is 10.1. The molecule has 0 atom stereocenters. The van der Waals surface area contributed by atoms with Crippen molar-refractivity contribution in [2.24, 2.45) is 0 Å². The van der Waals surface area contributed by atoms with Crippen LogP contribution in [0.1, 0.15) is 19.5 Å². The molecule has 0 aliphatic rings. The van der Waals surface area contributed by atoms with E-state index in [1.54, 1.807) is 13.8 Å². The van der Waals surface area contributed by atoms with Crippen LogP contribution < -0.4 is 5.73 Å². The first-order valence-corrected chi connectivity index (χ1v) is 4.30. The van der Waals surface area contributed by atoms with E-state index in [9.17, 15) is 5.11 Å². The molecule has 5 heteroatoms. The molecule has 1 heterocycles. The predicted molar refractivity (Wildman–Crippen MR) is 54.6 cm³/mol. The summed E-state index contributed by atoms with van der Waals surface area (Å²) in [4.78, 5) is 7.65. The van der Waals surface area contributed by atoms with E-state index in [0.717, 1.165) is 0 Å². The Morgan fingerprint density at radius 1 is 1.57 bits per heavy atom. The molecule has 0 spiro atoms. The Bertz CT molecular complexity index is 401. The number of hydrogen-bond acceptors (Lipinski definition) is 4. The molecule has 1 aromatic heterocycles. The third-order valence-electron chi connectivity index (χ3n) is 1.26. The molecule has 0 bridgehead atoms. The molecular formula is C9H10ClN3O. The molecular weight excluding hydrogens is 202 g/mol. The Labute approximate surface area is 87.1 Å². The van der Waals surface area contributed by atoms with Gasteiger partial charge in [-0.15, -0.1) is 0 Å². The Balaban J connectivity index is 3.06. The number of nitrogens with two attached hydrogens (primary N) is 1. The van der Waals surface area contributed by atoms with E-state index in [4.69, 9.17) is 17.3 Å². The highest BCUT2D eigenvalue weighted by molar-refractivity contribution is 6.29. The van der Waals surface area contributed by atoms with Crippen molar-refractivity contribution < 1.29 is 5.11 Å². The fourth-order valence-electron chi connectivity index (χ4n) is 0.681. The average Bonchev–Trinajstić information content (AvgIpc) is 2.05. The molecule has 0 aromatic carbocycles. The van der Waals surface area contributed by atoms with Crippen LogP contribution in [0.25, 0.3) is 0 Å². The van der Waals surface area contributed by atoms with Gasteiger partial charge in [-0.2, -0.15) is 0 Å². The van der Waals surface area contributed by atoms with E-state index in [-0.39, 0.29) is 16.7 Å². The summed E-state index contributed by atoms with van der Waals surface area (Å²) < 4.78 is 0. The molecule has 0 saturated carbocycles. The first kappa shape index (κ1) is 10.8. The normalized spacial score (nSPS) is 10.6. The molecule has 0 saturated heterocycles. The first-order chi connectivity index (χ1) is 6.38. The van der Waals surface area contributed by atoms with Gasteiger partial charge in [0.15, 0.2) is 11.5 Å².